The van der Waals surface area contributed by atoms with Gasteiger partial charge in [-0.25, -0.2) is 0 Å². The maximum absolute atomic E-state index is 5.60. The fourth-order valence-electron chi connectivity index (χ4n) is 2.82. The van der Waals surface area contributed by atoms with Crippen LogP contribution in [-0.4, -0.2) is 31.3 Å². The highest BCUT2D eigenvalue weighted by Gasteiger charge is 2.28. The summed E-state index contributed by atoms with van der Waals surface area (Å²) in [5.41, 5.74) is 1.35. The van der Waals surface area contributed by atoms with Crippen LogP contribution < -0.4 is 5.32 Å². The minimum Gasteiger partial charge on any atom is -0.381 e. The standard InChI is InChI=1S/C14H22N2O/c1-11(12-5-7-16-8-6-12)14(15-2)13-4-3-9-17-10-13/h5-8,11,13-15H,3-4,9-10H2,1-2H3. The first-order valence-corrected chi connectivity index (χ1v) is 6.48. The summed E-state index contributed by atoms with van der Waals surface area (Å²) in [6.07, 6.45) is 6.19. The van der Waals surface area contributed by atoms with E-state index in [1.54, 1.807) is 0 Å². The van der Waals surface area contributed by atoms with E-state index in [4.69, 9.17) is 4.74 Å². The Labute approximate surface area is 104 Å². The third kappa shape index (κ3) is 3.05. The minimum atomic E-state index is 0.484. The molecular weight excluding hydrogens is 212 g/mol. The Kier molecular flexibility index (Phi) is 4.51. The Morgan fingerprint density at radius 1 is 1.41 bits per heavy atom. The number of nitrogens with one attached hydrogen (secondary N) is 1. The van der Waals surface area contributed by atoms with Gasteiger partial charge in [0.15, 0.2) is 0 Å². The second-order valence-corrected chi connectivity index (χ2v) is 4.86. The third-order valence-electron chi connectivity index (χ3n) is 3.81. The molecule has 17 heavy (non-hydrogen) atoms. The van der Waals surface area contributed by atoms with Crippen LogP contribution in [0.4, 0.5) is 0 Å². The molecule has 94 valence electrons. The van der Waals surface area contributed by atoms with Crippen molar-refractivity contribution in [1.82, 2.24) is 10.3 Å². The molecule has 3 atom stereocenters. The Bertz CT molecular complexity index is 322. The monoisotopic (exact) mass is 234 g/mol. The number of hydrogen-bond donors (Lipinski definition) is 1. The molecular formula is C14H22N2O. The van der Waals surface area contributed by atoms with Gasteiger partial charge in [-0.15, -0.1) is 0 Å². The topological polar surface area (TPSA) is 34.1 Å². The Hall–Kier alpha value is -0.930. The van der Waals surface area contributed by atoms with Gasteiger partial charge in [-0.3, -0.25) is 4.98 Å². The van der Waals surface area contributed by atoms with Gasteiger partial charge in [0.2, 0.25) is 0 Å². The number of ether oxygens (including phenoxy) is 1. The Morgan fingerprint density at radius 3 is 2.76 bits per heavy atom. The molecule has 2 heterocycles. The molecule has 0 spiro atoms. The Morgan fingerprint density at radius 2 is 2.18 bits per heavy atom. The van der Waals surface area contributed by atoms with Crippen LogP contribution >= 0.6 is 0 Å². The van der Waals surface area contributed by atoms with E-state index in [1.807, 2.05) is 12.4 Å². The first-order chi connectivity index (χ1) is 8.33. The lowest BCUT2D eigenvalue weighted by Crippen LogP contribution is -2.41. The molecule has 0 amide bonds. The zero-order chi connectivity index (χ0) is 12.1. The lowest BCUT2D eigenvalue weighted by molar-refractivity contribution is 0.0369. The molecule has 2 rings (SSSR count). The number of likely N-dealkylation sites (N-methyl/N-ethyl adjacent to an activating group) is 1. The molecule has 0 bridgehead atoms. The SMILES string of the molecule is CNC(C1CCCOC1)C(C)c1ccncc1. The van der Waals surface area contributed by atoms with E-state index < -0.39 is 0 Å². The summed E-state index contributed by atoms with van der Waals surface area (Å²) < 4.78 is 5.60. The summed E-state index contributed by atoms with van der Waals surface area (Å²) in [5, 5.41) is 3.47. The van der Waals surface area contributed by atoms with Crippen LogP contribution in [0.1, 0.15) is 31.2 Å². The number of aromatic nitrogens is 1. The van der Waals surface area contributed by atoms with Crippen molar-refractivity contribution < 1.29 is 4.74 Å². The van der Waals surface area contributed by atoms with E-state index in [2.05, 4.69) is 36.4 Å². The molecule has 0 radical (unpaired) electrons. The summed E-state index contributed by atoms with van der Waals surface area (Å²) >= 11 is 0. The molecule has 3 nitrogen and oxygen atoms in total. The molecule has 0 aliphatic carbocycles. The van der Waals surface area contributed by atoms with Crippen LogP contribution in [0.2, 0.25) is 0 Å². The highest BCUT2D eigenvalue weighted by atomic mass is 16.5. The molecule has 1 aliphatic heterocycles. The first kappa shape index (κ1) is 12.5. The molecule has 1 aromatic heterocycles. The van der Waals surface area contributed by atoms with Gasteiger partial charge in [0.25, 0.3) is 0 Å². The van der Waals surface area contributed by atoms with Crippen molar-refractivity contribution in [2.75, 3.05) is 20.3 Å². The van der Waals surface area contributed by atoms with Crippen LogP contribution in [0.3, 0.4) is 0 Å². The van der Waals surface area contributed by atoms with Crippen molar-refractivity contribution in [3.05, 3.63) is 30.1 Å². The zero-order valence-corrected chi connectivity index (χ0v) is 10.7. The normalized spacial score (nSPS) is 24.2. The van der Waals surface area contributed by atoms with Gasteiger partial charge in [-0.2, -0.15) is 0 Å². The predicted molar refractivity (Wildman–Crippen MR) is 69.0 cm³/mol. The summed E-state index contributed by atoms with van der Waals surface area (Å²) in [4.78, 5) is 4.08. The lowest BCUT2D eigenvalue weighted by atomic mass is 9.82. The fourth-order valence-corrected chi connectivity index (χ4v) is 2.82. The minimum absolute atomic E-state index is 0.484. The molecule has 1 saturated heterocycles. The summed E-state index contributed by atoms with van der Waals surface area (Å²) in [5.74, 6) is 1.12. The molecule has 0 saturated carbocycles. The highest BCUT2D eigenvalue weighted by molar-refractivity contribution is 5.17. The van der Waals surface area contributed by atoms with E-state index in [0.29, 0.717) is 17.9 Å². The summed E-state index contributed by atoms with van der Waals surface area (Å²) in [6, 6.07) is 4.70. The average molecular weight is 234 g/mol. The van der Waals surface area contributed by atoms with Crippen LogP contribution in [0, 0.1) is 5.92 Å². The quantitative estimate of drug-likeness (QED) is 0.867. The number of nitrogens with zero attached hydrogens (tertiary/aromatic N) is 1. The van der Waals surface area contributed by atoms with E-state index in [9.17, 15) is 0 Å². The maximum Gasteiger partial charge on any atom is 0.0509 e. The van der Waals surface area contributed by atoms with Gasteiger partial charge in [0.1, 0.15) is 0 Å². The number of rotatable bonds is 4. The second-order valence-electron chi connectivity index (χ2n) is 4.86. The molecule has 1 aromatic rings. The average Bonchev–Trinajstić information content (AvgIpc) is 2.42. The summed E-state index contributed by atoms with van der Waals surface area (Å²) in [7, 11) is 2.05. The van der Waals surface area contributed by atoms with Crippen LogP contribution in [0.15, 0.2) is 24.5 Å². The van der Waals surface area contributed by atoms with Gasteiger partial charge in [-0.05, 0) is 49.4 Å². The van der Waals surface area contributed by atoms with Crippen molar-refractivity contribution in [2.24, 2.45) is 5.92 Å². The Balaban J connectivity index is 2.06. The molecule has 3 unspecified atom stereocenters. The van der Waals surface area contributed by atoms with Crippen LogP contribution in [-0.2, 0) is 4.74 Å². The van der Waals surface area contributed by atoms with Crippen molar-refractivity contribution in [3.8, 4) is 0 Å². The first-order valence-electron chi connectivity index (χ1n) is 6.48. The van der Waals surface area contributed by atoms with Gasteiger partial charge in [0, 0.05) is 25.0 Å². The van der Waals surface area contributed by atoms with Crippen molar-refractivity contribution in [3.63, 3.8) is 0 Å². The summed E-state index contributed by atoms with van der Waals surface area (Å²) in [6.45, 7) is 4.10. The van der Waals surface area contributed by atoms with Crippen molar-refractivity contribution >= 4 is 0 Å². The fraction of sp³-hybridized carbons (Fsp3) is 0.643. The third-order valence-corrected chi connectivity index (χ3v) is 3.81. The molecule has 1 aliphatic rings. The van der Waals surface area contributed by atoms with Gasteiger partial charge < -0.3 is 10.1 Å². The smallest absolute Gasteiger partial charge is 0.0509 e. The van der Waals surface area contributed by atoms with E-state index in [-0.39, 0.29) is 0 Å². The lowest BCUT2D eigenvalue weighted by Gasteiger charge is -2.34. The van der Waals surface area contributed by atoms with Crippen LogP contribution in [0.25, 0.3) is 0 Å². The highest BCUT2D eigenvalue weighted by Crippen LogP contribution is 2.28. The zero-order valence-electron chi connectivity index (χ0n) is 10.7. The van der Waals surface area contributed by atoms with Crippen molar-refractivity contribution in [2.45, 2.75) is 31.7 Å². The maximum atomic E-state index is 5.60. The molecule has 3 heteroatoms. The predicted octanol–water partition coefficient (Wildman–Crippen LogP) is 2.20. The molecule has 1 N–H and O–H groups in total. The van der Waals surface area contributed by atoms with E-state index in [0.717, 1.165) is 13.2 Å². The largest absolute Gasteiger partial charge is 0.381 e. The number of pyridine rings is 1. The molecule has 0 aromatic carbocycles. The number of hydrogen-bond acceptors (Lipinski definition) is 3. The second kappa shape index (κ2) is 6.12. The van der Waals surface area contributed by atoms with E-state index >= 15 is 0 Å². The molecule has 1 fully saturated rings. The van der Waals surface area contributed by atoms with Gasteiger partial charge >= 0.3 is 0 Å². The van der Waals surface area contributed by atoms with E-state index in [1.165, 1.54) is 18.4 Å². The van der Waals surface area contributed by atoms with Crippen molar-refractivity contribution in [1.29, 1.82) is 0 Å². The van der Waals surface area contributed by atoms with Gasteiger partial charge in [-0.1, -0.05) is 6.92 Å². The van der Waals surface area contributed by atoms with Crippen LogP contribution in [0.5, 0.6) is 0 Å². The van der Waals surface area contributed by atoms with Gasteiger partial charge in [0.05, 0.1) is 6.61 Å².